The average Bonchev–Trinajstić information content (AvgIpc) is 3.43. The molecule has 9 nitrogen and oxygen atoms in total. The number of fused-ring (bicyclic) bond motifs is 4. The van der Waals surface area contributed by atoms with Crippen LogP contribution in [0.3, 0.4) is 0 Å². The number of hydrogen-bond donors (Lipinski definition) is 3. The molecule has 1 aromatic carbocycles. The number of benzene rings is 1. The molecule has 1 amide bonds. The molecule has 3 N–H and O–H groups in total. The number of anilines is 3. The Morgan fingerprint density at radius 2 is 2.15 bits per heavy atom. The molecule has 164 valence electrons. The number of carbonyl (C=O) groups is 1. The van der Waals surface area contributed by atoms with Crippen molar-refractivity contribution in [3.05, 3.63) is 65.6 Å². The number of carbonyl (C=O) groups excluding carboxylic acids is 1. The Kier molecular flexibility index (Phi) is 4.84. The van der Waals surface area contributed by atoms with Crippen LogP contribution >= 0.6 is 11.3 Å². The van der Waals surface area contributed by atoms with Gasteiger partial charge in [0.1, 0.15) is 28.9 Å². The quantitative estimate of drug-likeness (QED) is 0.354. The van der Waals surface area contributed by atoms with E-state index in [0.717, 1.165) is 45.5 Å². The molecule has 6 rings (SSSR count). The van der Waals surface area contributed by atoms with Crippen LogP contribution in [-0.4, -0.2) is 37.3 Å². The number of aryl methyl sites for hydroxylation is 1. The molecule has 0 spiro atoms. The number of nitrogens with zero attached hydrogens (tertiary/aromatic N) is 4. The van der Waals surface area contributed by atoms with Gasteiger partial charge in [-0.15, -0.1) is 11.3 Å². The molecular weight excluding hydrogens is 438 g/mol. The lowest BCUT2D eigenvalue weighted by molar-refractivity contribution is 0.103. The third-order valence-electron chi connectivity index (χ3n) is 5.67. The molecule has 0 saturated heterocycles. The first-order valence-electron chi connectivity index (χ1n) is 10.6. The Balaban J connectivity index is 1.22. The Hall–Kier alpha value is -4.05. The van der Waals surface area contributed by atoms with Crippen LogP contribution < -0.4 is 10.6 Å². The summed E-state index contributed by atoms with van der Waals surface area (Å²) in [6.45, 7) is 0. The van der Waals surface area contributed by atoms with Crippen LogP contribution in [0.2, 0.25) is 0 Å². The van der Waals surface area contributed by atoms with Crippen molar-refractivity contribution in [1.82, 2.24) is 25.1 Å². The lowest BCUT2D eigenvalue weighted by Crippen LogP contribution is -2.27. The van der Waals surface area contributed by atoms with Gasteiger partial charge in [-0.1, -0.05) is 6.07 Å². The van der Waals surface area contributed by atoms with Crippen LogP contribution in [0.25, 0.3) is 21.1 Å². The van der Waals surface area contributed by atoms with Crippen molar-refractivity contribution in [1.29, 1.82) is 0 Å². The summed E-state index contributed by atoms with van der Waals surface area (Å²) in [7, 11) is 0. The highest BCUT2D eigenvalue weighted by atomic mass is 32.1. The highest BCUT2D eigenvalue weighted by molar-refractivity contribution is 7.19. The monoisotopic (exact) mass is 457 g/mol. The van der Waals surface area contributed by atoms with Crippen LogP contribution in [0.1, 0.15) is 16.9 Å². The molecule has 33 heavy (non-hydrogen) atoms. The summed E-state index contributed by atoms with van der Waals surface area (Å²) in [5.74, 6) is 1.26. The van der Waals surface area contributed by atoms with Crippen molar-refractivity contribution in [3.63, 3.8) is 0 Å². The van der Waals surface area contributed by atoms with Crippen LogP contribution in [-0.2, 0) is 17.6 Å². The number of pyridine rings is 1. The van der Waals surface area contributed by atoms with Gasteiger partial charge in [-0.2, -0.15) is 5.10 Å². The van der Waals surface area contributed by atoms with Crippen LogP contribution in [0.5, 0.6) is 0 Å². The van der Waals surface area contributed by atoms with Gasteiger partial charge < -0.3 is 10.1 Å². The van der Waals surface area contributed by atoms with Crippen LogP contribution in [0.4, 0.5) is 22.1 Å². The molecule has 0 radical (unpaired) electrons. The van der Waals surface area contributed by atoms with Crippen molar-refractivity contribution in [2.24, 2.45) is 0 Å². The van der Waals surface area contributed by atoms with Gasteiger partial charge in [-0.05, 0) is 48.7 Å². The Morgan fingerprint density at radius 3 is 3.06 bits per heavy atom. The second kappa shape index (κ2) is 8.14. The summed E-state index contributed by atoms with van der Waals surface area (Å²) in [5.41, 5.74) is 3.15. The van der Waals surface area contributed by atoms with Crippen LogP contribution in [0.15, 0.2) is 55.1 Å². The van der Waals surface area contributed by atoms with Crippen molar-refractivity contribution in [2.75, 3.05) is 10.6 Å². The molecule has 1 aliphatic rings. The minimum absolute atomic E-state index is 0.192. The predicted molar refractivity (Wildman–Crippen MR) is 127 cm³/mol. The zero-order chi connectivity index (χ0) is 22.2. The van der Waals surface area contributed by atoms with E-state index >= 15 is 0 Å². The SMILES string of the molecule is O=C(Nc1ccccn1)OC1CCc2c(sc3ncnc(Nc4ccc5[nH]ncc5c4)c23)C1. The first kappa shape index (κ1) is 19.6. The van der Waals surface area contributed by atoms with E-state index in [1.807, 2.05) is 24.3 Å². The maximum atomic E-state index is 12.3. The number of H-pyrrole nitrogens is 1. The van der Waals surface area contributed by atoms with Crippen molar-refractivity contribution in [2.45, 2.75) is 25.4 Å². The molecule has 5 aromatic rings. The van der Waals surface area contributed by atoms with Crippen molar-refractivity contribution < 1.29 is 9.53 Å². The second-order valence-electron chi connectivity index (χ2n) is 7.81. The Morgan fingerprint density at radius 1 is 1.18 bits per heavy atom. The molecule has 1 unspecified atom stereocenters. The number of aromatic amines is 1. The lowest BCUT2D eigenvalue weighted by atomic mass is 9.94. The molecule has 0 bridgehead atoms. The second-order valence-corrected chi connectivity index (χ2v) is 8.90. The fourth-order valence-electron chi connectivity index (χ4n) is 4.15. The van der Waals surface area contributed by atoms with Crippen molar-refractivity contribution in [3.8, 4) is 0 Å². The van der Waals surface area contributed by atoms with E-state index in [1.54, 1.807) is 42.2 Å². The summed E-state index contributed by atoms with van der Waals surface area (Å²) < 4.78 is 5.66. The number of nitrogens with one attached hydrogen (secondary N) is 3. The Labute approximate surface area is 192 Å². The van der Waals surface area contributed by atoms with Crippen LogP contribution in [0, 0.1) is 0 Å². The number of amides is 1. The average molecular weight is 458 g/mol. The summed E-state index contributed by atoms with van der Waals surface area (Å²) in [5, 5.41) is 15.2. The zero-order valence-corrected chi connectivity index (χ0v) is 18.2. The molecule has 4 heterocycles. The number of rotatable bonds is 4. The molecule has 1 atom stereocenters. The molecule has 0 fully saturated rings. The van der Waals surface area contributed by atoms with Gasteiger partial charge in [0.25, 0.3) is 0 Å². The molecular formula is C23H19N7O2S. The number of thiophene rings is 1. The highest BCUT2D eigenvalue weighted by Gasteiger charge is 2.27. The summed E-state index contributed by atoms with van der Waals surface area (Å²) >= 11 is 1.63. The lowest BCUT2D eigenvalue weighted by Gasteiger charge is -2.22. The van der Waals surface area contributed by atoms with Gasteiger partial charge >= 0.3 is 6.09 Å². The van der Waals surface area contributed by atoms with Gasteiger partial charge in [0.15, 0.2) is 0 Å². The van der Waals surface area contributed by atoms with Gasteiger partial charge in [-0.25, -0.2) is 19.7 Å². The summed E-state index contributed by atoms with van der Waals surface area (Å²) in [4.78, 5) is 27.5. The maximum absolute atomic E-state index is 12.3. The fraction of sp³-hybridized carbons (Fsp3) is 0.174. The van der Waals surface area contributed by atoms with Gasteiger partial charge in [0.05, 0.1) is 17.1 Å². The summed E-state index contributed by atoms with van der Waals surface area (Å²) in [6, 6.07) is 11.4. The van der Waals surface area contributed by atoms with E-state index in [9.17, 15) is 4.79 Å². The molecule has 0 aliphatic heterocycles. The van der Waals surface area contributed by atoms with E-state index in [2.05, 4.69) is 35.8 Å². The fourth-order valence-corrected chi connectivity index (χ4v) is 5.41. The third kappa shape index (κ3) is 3.85. The highest BCUT2D eigenvalue weighted by Crippen LogP contribution is 2.39. The minimum Gasteiger partial charge on any atom is -0.446 e. The van der Waals surface area contributed by atoms with Gasteiger partial charge in [0, 0.05) is 28.6 Å². The number of hydrogen-bond acceptors (Lipinski definition) is 8. The smallest absolute Gasteiger partial charge is 0.413 e. The van der Waals surface area contributed by atoms with Gasteiger partial charge in [0.2, 0.25) is 0 Å². The maximum Gasteiger partial charge on any atom is 0.413 e. The number of ether oxygens (including phenoxy) is 1. The molecule has 10 heteroatoms. The van der Waals surface area contributed by atoms with E-state index < -0.39 is 6.09 Å². The van der Waals surface area contributed by atoms with E-state index in [0.29, 0.717) is 12.2 Å². The van der Waals surface area contributed by atoms with E-state index in [1.165, 1.54) is 10.4 Å². The van der Waals surface area contributed by atoms with E-state index in [-0.39, 0.29) is 6.10 Å². The zero-order valence-electron chi connectivity index (χ0n) is 17.4. The first-order valence-corrected chi connectivity index (χ1v) is 11.4. The standard InChI is InChI=1S/C23H19N7O2S/c31-23(29-19-3-1-2-8-24-19)32-15-5-6-16-18(10-15)33-22-20(16)21(25-12-26-22)28-14-4-7-17-13(9-14)11-27-30-17/h1-4,7-9,11-12,15H,5-6,10H2,(H,27,30)(H,24,29,31)(H,25,26,28). The molecule has 4 aromatic heterocycles. The third-order valence-corrected chi connectivity index (χ3v) is 6.83. The largest absolute Gasteiger partial charge is 0.446 e. The predicted octanol–water partition coefficient (Wildman–Crippen LogP) is 4.81. The Bertz CT molecular complexity index is 1460. The van der Waals surface area contributed by atoms with E-state index in [4.69, 9.17) is 4.74 Å². The summed E-state index contributed by atoms with van der Waals surface area (Å²) in [6.07, 6.45) is 6.52. The van der Waals surface area contributed by atoms with Crippen molar-refractivity contribution >= 4 is 55.9 Å². The normalized spacial score (nSPS) is 15.3. The minimum atomic E-state index is -0.486. The molecule has 0 saturated carbocycles. The molecule has 1 aliphatic carbocycles. The first-order chi connectivity index (χ1) is 16.2. The van der Waals surface area contributed by atoms with Gasteiger partial charge in [-0.3, -0.25) is 10.4 Å². The topological polar surface area (TPSA) is 118 Å². The number of aromatic nitrogens is 5.